The first kappa shape index (κ1) is 27.0. The minimum absolute atomic E-state index is 0.0562. The van der Waals surface area contributed by atoms with Gasteiger partial charge in [-0.05, 0) is 69.7 Å². The van der Waals surface area contributed by atoms with Crippen molar-refractivity contribution in [1.82, 2.24) is 24.4 Å². The lowest BCUT2D eigenvalue weighted by molar-refractivity contribution is -0.121. The van der Waals surface area contributed by atoms with E-state index in [1.807, 2.05) is 4.90 Å². The molecule has 0 N–H and O–H groups in total. The van der Waals surface area contributed by atoms with E-state index in [-0.39, 0.29) is 11.9 Å². The van der Waals surface area contributed by atoms with E-state index in [9.17, 15) is 13.6 Å². The lowest BCUT2D eigenvalue weighted by Gasteiger charge is -2.30. The number of alkyl halides is 2. The van der Waals surface area contributed by atoms with Gasteiger partial charge in [-0.2, -0.15) is 9.97 Å². The van der Waals surface area contributed by atoms with E-state index in [2.05, 4.69) is 9.88 Å². The van der Waals surface area contributed by atoms with Gasteiger partial charge in [-0.25, -0.2) is 13.8 Å². The fraction of sp³-hybridized carbons (Fsp3) is 0.586. The molecule has 40 heavy (non-hydrogen) atoms. The molecule has 11 heteroatoms. The maximum absolute atomic E-state index is 14.1. The largest absolute Gasteiger partial charge is 0.474 e. The maximum Gasteiger partial charge on any atom is 0.296 e. The second-order valence-electron chi connectivity index (χ2n) is 11.0. The lowest BCUT2D eigenvalue weighted by Crippen LogP contribution is -2.37. The van der Waals surface area contributed by atoms with Crippen LogP contribution in [0.25, 0.3) is 16.9 Å². The number of carbonyl (C=O) groups is 1. The summed E-state index contributed by atoms with van der Waals surface area (Å²) in [6.45, 7) is 4.94. The van der Waals surface area contributed by atoms with Crippen LogP contribution in [0.3, 0.4) is 0 Å². The Morgan fingerprint density at radius 1 is 1.00 bits per heavy atom. The zero-order chi connectivity index (χ0) is 27.5. The Morgan fingerprint density at radius 3 is 2.50 bits per heavy atom. The van der Waals surface area contributed by atoms with Crippen molar-refractivity contribution in [3.63, 3.8) is 0 Å². The van der Waals surface area contributed by atoms with E-state index in [0.717, 1.165) is 38.8 Å². The molecule has 2 aliphatic heterocycles. The number of hydrogen-bond donors (Lipinski definition) is 0. The third-order valence-corrected chi connectivity index (χ3v) is 8.18. The van der Waals surface area contributed by atoms with E-state index < -0.39 is 6.43 Å². The molecule has 2 saturated heterocycles. The second kappa shape index (κ2) is 12.1. The molecule has 9 nitrogen and oxygen atoms in total. The molecule has 2 aromatic heterocycles. The van der Waals surface area contributed by atoms with Gasteiger partial charge < -0.3 is 14.4 Å². The van der Waals surface area contributed by atoms with Gasteiger partial charge in [0.25, 0.3) is 6.43 Å². The van der Waals surface area contributed by atoms with Crippen molar-refractivity contribution in [3.8, 4) is 11.7 Å². The lowest BCUT2D eigenvalue weighted by atomic mass is 9.84. The summed E-state index contributed by atoms with van der Waals surface area (Å²) >= 11 is 0. The molecule has 3 aliphatic rings. The quantitative estimate of drug-likeness (QED) is 0.380. The minimum atomic E-state index is -2.78. The number of ketones is 1. The second-order valence-corrected chi connectivity index (χ2v) is 11.0. The molecular formula is C29H36F2N6O3. The zero-order valence-electron chi connectivity index (χ0n) is 22.7. The summed E-state index contributed by atoms with van der Waals surface area (Å²) in [5.41, 5.74) is 1.03. The number of carbonyl (C=O) groups excluding carboxylic acids is 1. The number of imidazole rings is 1. The maximum atomic E-state index is 14.1. The molecule has 1 saturated carbocycles. The van der Waals surface area contributed by atoms with Crippen molar-refractivity contribution in [3.05, 3.63) is 36.2 Å². The van der Waals surface area contributed by atoms with Crippen LogP contribution in [-0.2, 0) is 9.53 Å². The van der Waals surface area contributed by atoms with Crippen LogP contribution in [0.15, 0.2) is 30.3 Å². The number of fused-ring (bicyclic) bond motifs is 1. The molecular weight excluding hydrogens is 518 g/mol. The summed E-state index contributed by atoms with van der Waals surface area (Å²) in [5.74, 6) is 1.44. The van der Waals surface area contributed by atoms with E-state index in [4.69, 9.17) is 19.4 Å². The van der Waals surface area contributed by atoms with E-state index in [1.54, 1.807) is 30.3 Å². The number of morpholine rings is 1. The van der Waals surface area contributed by atoms with Gasteiger partial charge >= 0.3 is 0 Å². The van der Waals surface area contributed by atoms with Gasteiger partial charge in [0.1, 0.15) is 17.7 Å². The number of para-hydroxylation sites is 2. The van der Waals surface area contributed by atoms with Crippen LogP contribution in [0, 0.1) is 5.92 Å². The number of Topliss-reactive ketones (excluding diaryl/α,β-unsaturated/α-hetero) is 1. The van der Waals surface area contributed by atoms with Crippen molar-refractivity contribution < 1.29 is 23.0 Å². The Bertz CT molecular complexity index is 1310. The Kier molecular flexibility index (Phi) is 8.20. The third-order valence-electron chi connectivity index (χ3n) is 8.18. The third kappa shape index (κ3) is 6.10. The zero-order valence-corrected chi connectivity index (χ0v) is 22.7. The topological polar surface area (TPSA) is 85.6 Å². The first-order valence-electron chi connectivity index (χ1n) is 14.4. The number of nitrogens with zero attached hydrogens (tertiary/aromatic N) is 6. The minimum Gasteiger partial charge on any atom is -0.474 e. The first-order valence-corrected chi connectivity index (χ1v) is 14.4. The van der Waals surface area contributed by atoms with Crippen molar-refractivity contribution in [2.45, 2.75) is 57.5 Å². The molecule has 3 aromatic rings. The molecule has 0 radical (unpaired) electrons. The van der Waals surface area contributed by atoms with Gasteiger partial charge in [0.05, 0.1) is 30.8 Å². The normalized spacial score (nSPS) is 22.3. The summed E-state index contributed by atoms with van der Waals surface area (Å²) in [5, 5.41) is 0. The van der Waals surface area contributed by atoms with Crippen LogP contribution in [0.5, 0.6) is 5.88 Å². The van der Waals surface area contributed by atoms with Crippen LogP contribution in [0.2, 0.25) is 0 Å². The van der Waals surface area contributed by atoms with Gasteiger partial charge in [0.2, 0.25) is 11.8 Å². The number of likely N-dealkylation sites (tertiary alicyclic amines) is 1. The fourth-order valence-electron chi connectivity index (χ4n) is 6.11. The number of ether oxygens (including phenoxy) is 2. The Hall–Kier alpha value is -3.18. The van der Waals surface area contributed by atoms with Crippen LogP contribution < -0.4 is 9.64 Å². The van der Waals surface area contributed by atoms with Crippen molar-refractivity contribution >= 4 is 22.8 Å². The summed E-state index contributed by atoms with van der Waals surface area (Å²) in [6.07, 6.45) is 3.67. The molecule has 3 fully saturated rings. The Balaban J connectivity index is 1.20. The van der Waals surface area contributed by atoms with Gasteiger partial charge in [0.15, 0.2) is 5.82 Å². The van der Waals surface area contributed by atoms with E-state index >= 15 is 0 Å². The summed E-state index contributed by atoms with van der Waals surface area (Å²) in [7, 11) is 0. The molecule has 0 bridgehead atoms. The molecule has 1 aliphatic carbocycles. The molecule has 0 unspecified atom stereocenters. The van der Waals surface area contributed by atoms with Crippen molar-refractivity contribution in [2.24, 2.45) is 5.92 Å². The smallest absolute Gasteiger partial charge is 0.296 e. The van der Waals surface area contributed by atoms with Crippen molar-refractivity contribution in [1.29, 1.82) is 0 Å². The molecule has 6 rings (SSSR count). The molecule has 1 aromatic carbocycles. The number of benzene rings is 1. The average Bonchev–Trinajstić information content (AvgIpc) is 3.62. The van der Waals surface area contributed by atoms with E-state index in [1.165, 1.54) is 17.4 Å². The van der Waals surface area contributed by atoms with Crippen LogP contribution in [0.4, 0.5) is 14.7 Å². The number of aromatic nitrogens is 4. The highest BCUT2D eigenvalue weighted by molar-refractivity contribution is 5.80. The molecule has 0 atom stereocenters. The van der Waals surface area contributed by atoms with Gasteiger partial charge in [-0.15, -0.1) is 0 Å². The first-order chi connectivity index (χ1) is 19.5. The Labute approximate surface area is 232 Å². The fourth-order valence-corrected chi connectivity index (χ4v) is 6.11. The predicted octanol–water partition coefficient (Wildman–Crippen LogP) is 4.58. The standard InChI is InChI=1S/C29H36F2N6O3/c30-27(31)28-32-23-5-1-2-6-24(23)37(28)25-18-26(34-29(33-25)36-13-15-39-16-14-36)40-22-9-7-20(8-10-22)17-21(38)19-35-11-3-4-12-35/h1-2,5-6,18,20,22,27H,3-4,7-17,19H2. The number of anilines is 1. The summed E-state index contributed by atoms with van der Waals surface area (Å²) in [4.78, 5) is 30.4. The van der Waals surface area contributed by atoms with E-state index in [0.29, 0.717) is 79.6 Å². The molecule has 0 amide bonds. The average molecular weight is 555 g/mol. The molecule has 214 valence electrons. The molecule has 4 heterocycles. The monoisotopic (exact) mass is 554 g/mol. The predicted molar refractivity (Wildman–Crippen MR) is 146 cm³/mol. The molecule has 0 spiro atoms. The highest BCUT2D eigenvalue weighted by Crippen LogP contribution is 2.32. The number of halogens is 2. The van der Waals surface area contributed by atoms with Crippen LogP contribution in [-0.4, -0.2) is 82.2 Å². The summed E-state index contributed by atoms with van der Waals surface area (Å²) < 4.78 is 41.5. The number of rotatable bonds is 9. The highest BCUT2D eigenvalue weighted by Gasteiger charge is 2.28. The SMILES string of the molecule is O=C(CC1CCC(Oc2cc(-n3c(C(F)F)nc4ccccc43)nc(N3CCOCC3)n2)CC1)CN1CCCC1. The van der Waals surface area contributed by atoms with Crippen molar-refractivity contribution in [2.75, 3.05) is 50.8 Å². The van der Waals surface area contributed by atoms with Gasteiger partial charge in [-0.3, -0.25) is 14.3 Å². The Morgan fingerprint density at radius 2 is 1.75 bits per heavy atom. The van der Waals surface area contributed by atoms with Gasteiger partial charge in [0, 0.05) is 25.6 Å². The highest BCUT2D eigenvalue weighted by atomic mass is 19.3. The van der Waals surface area contributed by atoms with Crippen LogP contribution >= 0.6 is 0 Å². The van der Waals surface area contributed by atoms with Gasteiger partial charge in [-0.1, -0.05) is 12.1 Å². The summed E-state index contributed by atoms with van der Waals surface area (Å²) in [6, 6.07) is 8.69. The number of hydrogen-bond acceptors (Lipinski definition) is 8. The van der Waals surface area contributed by atoms with Crippen LogP contribution in [0.1, 0.15) is 57.2 Å².